The fraction of sp³-hybridized carbons (Fsp3) is 0.600. The molecule has 0 aliphatic rings. The van der Waals surface area contributed by atoms with Gasteiger partial charge in [-0.25, -0.2) is 0 Å². The summed E-state index contributed by atoms with van der Waals surface area (Å²) in [6.07, 6.45) is -0.940. The van der Waals surface area contributed by atoms with Gasteiger partial charge in [0, 0.05) is 37.9 Å². The molecule has 120 valence electrons. The van der Waals surface area contributed by atoms with E-state index in [0.29, 0.717) is 13.1 Å². The van der Waals surface area contributed by atoms with Crippen molar-refractivity contribution in [3.05, 3.63) is 0 Å². The molecule has 0 unspecified atom stereocenters. The molecule has 0 aromatic heterocycles. The van der Waals surface area contributed by atoms with E-state index >= 15 is 0 Å². The zero-order valence-electron chi connectivity index (χ0n) is 14.3. The number of carbonyl (C=O) groups is 4. The fourth-order valence-electron chi connectivity index (χ4n) is 0.204. The quantitative estimate of drug-likeness (QED) is 0.401. The minimum atomic E-state index is -1.37. The molecule has 0 rings (SSSR count). The van der Waals surface area contributed by atoms with Crippen molar-refractivity contribution >= 4 is 23.9 Å². The molecule has 0 amide bonds. The number of aliphatic carboxylic acids is 4. The zero-order valence-corrected chi connectivity index (χ0v) is 20.3. The maximum Gasteiger partial charge on any atom is 1.00 e. The van der Waals surface area contributed by atoms with Gasteiger partial charge < -0.3 is 46.3 Å². The summed E-state index contributed by atoms with van der Waals surface area (Å²) in [6.45, 7) is 3.25. The van der Waals surface area contributed by atoms with Crippen molar-refractivity contribution in [2.24, 2.45) is 11.5 Å². The van der Waals surface area contributed by atoms with Crippen LogP contribution in [0.3, 0.4) is 0 Å². The van der Waals surface area contributed by atoms with E-state index < -0.39 is 36.7 Å². The summed E-state index contributed by atoms with van der Waals surface area (Å²) in [6, 6.07) is 0. The van der Waals surface area contributed by atoms with E-state index in [1.54, 1.807) is 0 Å². The normalized spacial score (nSPS) is 6.43. The van der Waals surface area contributed by atoms with Gasteiger partial charge in [0.25, 0.3) is 5.97 Å². The van der Waals surface area contributed by atoms with Crippen LogP contribution in [0.1, 0.15) is 26.7 Å². The number of hydrogen-bond donors (Lipinski definition) is 3. The molecule has 5 N–H and O–H groups in total. The summed E-state index contributed by atoms with van der Waals surface area (Å²) < 4.78 is 0. The van der Waals surface area contributed by atoms with Crippen LogP contribution < -0.4 is 115 Å². The average Bonchev–Trinajstić information content (AvgIpc) is 2.25. The molecular formula is C10H19N2Na3O8. The van der Waals surface area contributed by atoms with Crippen LogP contribution in [0.15, 0.2) is 0 Å². The first-order valence-electron chi connectivity index (χ1n) is 5.18. The Morgan fingerprint density at radius 2 is 0.913 bits per heavy atom. The van der Waals surface area contributed by atoms with Gasteiger partial charge in [-0.05, 0) is 19.8 Å². The molecule has 10 nitrogen and oxygen atoms in total. The number of hydrogen-bond acceptors (Lipinski definition) is 9. The molecule has 0 heterocycles. The summed E-state index contributed by atoms with van der Waals surface area (Å²) in [5.41, 5.74) is 9.81. The van der Waals surface area contributed by atoms with Crippen molar-refractivity contribution in [2.45, 2.75) is 26.7 Å². The van der Waals surface area contributed by atoms with Crippen molar-refractivity contribution in [1.29, 1.82) is 0 Å². The van der Waals surface area contributed by atoms with E-state index in [2.05, 4.69) is 0 Å². The second-order valence-electron chi connectivity index (χ2n) is 2.83. The van der Waals surface area contributed by atoms with Crippen molar-refractivity contribution in [1.82, 2.24) is 0 Å². The van der Waals surface area contributed by atoms with Crippen molar-refractivity contribution in [2.75, 3.05) is 13.1 Å². The molecular weight excluding hydrogens is 345 g/mol. The Morgan fingerprint density at radius 1 is 0.783 bits per heavy atom. The summed E-state index contributed by atoms with van der Waals surface area (Å²) in [7, 11) is 0. The number of carbonyl (C=O) groups excluding carboxylic acids is 3. The second-order valence-corrected chi connectivity index (χ2v) is 2.83. The third-order valence-electron chi connectivity index (χ3n) is 0.700. The van der Waals surface area contributed by atoms with Gasteiger partial charge in [0.15, 0.2) is 0 Å². The van der Waals surface area contributed by atoms with E-state index in [-0.39, 0.29) is 88.7 Å². The number of rotatable bonds is 4. The van der Waals surface area contributed by atoms with Crippen LogP contribution in [0.25, 0.3) is 0 Å². The smallest absolute Gasteiger partial charge is 0.550 e. The minimum Gasteiger partial charge on any atom is -0.550 e. The first-order chi connectivity index (χ1) is 9.00. The van der Waals surface area contributed by atoms with E-state index in [1.165, 1.54) is 0 Å². The maximum absolute atomic E-state index is 9.50. The Bertz CT molecular complexity index is 257. The standard InChI is InChI=1S/C4H6O4.C2H8N2.2C2H4O2.3Na/c5-3(6)1-2-4(7)8;3-1-2-4;2*1-2(3)4;;;/h1-2H2,(H,5,6)(H,7,8);1-4H2;2*1H3,(H,3,4);;;/q;;;;3*+1/p-3. The average molecular weight is 364 g/mol. The van der Waals surface area contributed by atoms with Gasteiger partial charge in [-0.2, -0.15) is 0 Å². The molecule has 0 saturated carbocycles. The van der Waals surface area contributed by atoms with Crippen LogP contribution in [-0.2, 0) is 19.2 Å². The zero-order chi connectivity index (χ0) is 17.1. The molecule has 23 heavy (non-hydrogen) atoms. The largest absolute Gasteiger partial charge is 1.00 e. The van der Waals surface area contributed by atoms with Crippen LogP contribution in [0.4, 0.5) is 0 Å². The minimum absolute atomic E-state index is 0. The van der Waals surface area contributed by atoms with Gasteiger partial charge in [-0.3, -0.25) is 4.79 Å². The van der Waals surface area contributed by atoms with E-state index in [1.807, 2.05) is 0 Å². The Balaban J connectivity index is -0.0000000301. The van der Waals surface area contributed by atoms with Crippen LogP contribution in [-0.4, -0.2) is 42.1 Å². The van der Waals surface area contributed by atoms with Crippen LogP contribution in [0.5, 0.6) is 0 Å². The molecule has 13 heteroatoms. The van der Waals surface area contributed by atoms with Crippen molar-refractivity contribution in [3.8, 4) is 0 Å². The van der Waals surface area contributed by atoms with Gasteiger partial charge >= 0.3 is 88.7 Å². The van der Waals surface area contributed by atoms with Gasteiger partial charge in [-0.15, -0.1) is 0 Å². The van der Waals surface area contributed by atoms with Crippen LogP contribution in [0, 0.1) is 0 Å². The van der Waals surface area contributed by atoms with Crippen molar-refractivity contribution in [3.63, 3.8) is 0 Å². The monoisotopic (exact) mass is 364 g/mol. The third kappa shape index (κ3) is 213. The third-order valence-corrected chi connectivity index (χ3v) is 0.700. The predicted molar refractivity (Wildman–Crippen MR) is 61.3 cm³/mol. The van der Waals surface area contributed by atoms with Gasteiger partial charge in [0.1, 0.15) is 0 Å². The van der Waals surface area contributed by atoms with E-state index in [0.717, 1.165) is 13.8 Å². The van der Waals surface area contributed by atoms with E-state index in [9.17, 15) is 19.8 Å². The molecule has 0 spiro atoms. The molecule has 0 radical (unpaired) electrons. The van der Waals surface area contributed by atoms with Crippen molar-refractivity contribution < 1.29 is 128 Å². The summed E-state index contributed by atoms with van der Waals surface area (Å²) >= 11 is 0. The predicted octanol–water partition coefficient (Wildman–Crippen LogP) is -14.0. The molecule has 0 saturated heterocycles. The molecule has 0 aromatic carbocycles. The van der Waals surface area contributed by atoms with Crippen LogP contribution >= 0.6 is 0 Å². The Kier molecular flexibility index (Phi) is 73.2. The number of carboxylic acid groups (broad SMARTS) is 4. The Hall–Kier alpha value is 0.800. The second kappa shape index (κ2) is 38.4. The Morgan fingerprint density at radius 3 is 0.957 bits per heavy atom. The molecule has 0 aromatic rings. The molecule has 0 fully saturated rings. The first-order valence-corrected chi connectivity index (χ1v) is 5.18. The van der Waals surface area contributed by atoms with E-state index in [4.69, 9.17) is 31.3 Å². The van der Waals surface area contributed by atoms with Gasteiger partial charge in [-0.1, -0.05) is 0 Å². The molecule has 0 bridgehead atoms. The summed E-state index contributed by atoms with van der Waals surface area (Å²) in [5.74, 6) is -4.65. The molecule has 0 atom stereocenters. The summed E-state index contributed by atoms with van der Waals surface area (Å²) in [4.78, 5) is 36.9. The topological polar surface area (TPSA) is 210 Å². The molecule has 0 aliphatic heterocycles. The fourth-order valence-corrected chi connectivity index (χ4v) is 0.204. The summed E-state index contributed by atoms with van der Waals surface area (Å²) in [5, 5.41) is 35.3. The van der Waals surface area contributed by atoms with Gasteiger partial charge in [0.05, 0.1) is 0 Å². The molecule has 0 aliphatic carbocycles. The van der Waals surface area contributed by atoms with Gasteiger partial charge in [0.2, 0.25) is 0 Å². The van der Waals surface area contributed by atoms with Crippen LogP contribution in [0.2, 0.25) is 0 Å². The first kappa shape index (κ1) is 43.8. The maximum atomic E-state index is 9.50. The number of carboxylic acids is 4. The number of nitrogens with two attached hydrogens (primary N) is 2. The SMILES string of the molecule is CC(=O)O.CC(=O)[O-].NCCN.O=C([O-])CCC(=O)[O-].[Na+].[Na+].[Na+]. The Labute approximate surface area is 201 Å².